The molecule has 1 aliphatic rings. The number of imidazole rings is 1. The van der Waals surface area contributed by atoms with Gasteiger partial charge in [-0.25, -0.2) is 9.97 Å². The Balaban J connectivity index is 2.07. The number of pyridine rings is 1. The summed E-state index contributed by atoms with van der Waals surface area (Å²) in [5, 5.41) is 9.50. The molecule has 18 heavy (non-hydrogen) atoms. The molecule has 3 rings (SSSR count). The Morgan fingerprint density at radius 3 is 3.11 bits per heavy atom. The lowest BCUT2D eigenvalue weighted by Gasteiger charge is -2.35. The first-order valence-electron chi connectivity index (χ1n) is 6.45. The lowest BCUT2D eigenvalue weighted by molar-refractivity contribution is 0.239. The molecule has 5 heteroatoms. The van der Waals surface area contributed by atoms with Crippen molar-refractivity contribution in [2.45, 2.75) is 25.3 Å². The van der Waals surface area contributed by atoms with E-state index in [4.69, 9.17) is 0 Å². The summed E-state index contributed by atoms with van der Waals surface area (Å²) in [5.41, 5.74) is 2.02. The average molecular weight is 246 g/mol. The fourth-order valence-corrected chi connectivity index (χ4v) is 2.73. The number of aromatic nitrogens is 3. The van der Waals surface area contributed by atoms with Gasteiger partial charge in [0.05, 0.1) is 24.5 Å². The van der Waals surface area contributed by atoms with Gasteiger partial charge in [0.1, 0.15) is 5.52 Å². The number of rotatable bonds is 2. The van der Waals surface area contributed by atoms with E-state index in [0.717, 1.165) is 36.2 Å². The third-order valence-electron chi connectivity index (χ3n) is 3.73. The Kier molecular flexibility index (Phi) is 2.91. The van der Waals surface area contributed by atoms with Crippen LogP contribution >= 0.6 is 0 Å². The molecule has 1 saturated heterocycles. The van der Waals surface area contributed by atoms with Crippen LogP contribution in [0.25, 0.3) is 11.0 Å². The number of aliphatic hydroxyl groups excluding tert-OH is 1. The molecule has 1 aliphatic heterocycles. The molecule has 1 fully saturated rings. The second kappa shape index (κ2) is 4.57. The maximum atomic E-state index is 9.50. The molecule has 1 N–H and O–H groups in total. The fraction of sp³-hybridized carbons (Fsp3) is 0.538. The van der Waals surface area contributed by atoms with Gasteiger partial charge in [-0.3, -0.25) is 0 Å². The van der Waals surface area contributed by atoms with Crippen molar-refractivity contribution >= 4 is 16.9 Å². The first kappa shape index (κ1) is 11.5. The van der Waals surface area contributed by atoms with Crippen LogP contribution in [0.3, 0.4) is 0 Å². The van der Waals surface area contributed by atoms with Crippen molar-refractivity contribution in [3.8, 4) is 0 Å². The highest BCUT2D eigenvalue weighted by atomic mass is 16.3. The lowest BCUT2D eigenvalue weighted by atomic mass is 10.0. The quantitative estimate of drug-likeness (QED) is 0.868. The fourth-order valence-electron chi connectivity index (χ4n) is 2.73. The van der Waals surface area contributed by atoms with E-state index in [0.29, 0.717) is 0 Å². The normalized spacial score (nSPS) is 20.6. The molecular formula is C13H18N4O. The lowest BCUT2D eigenvalue weighted by Crippen LogP contribution is -2.42. The molecule has 0 bridgehead atoms. The highest BCUT2D eigenvalue weighted by molar-refractivity contribution is 5.86. The van der Waals surface area contributed by atoms with Crippen molar-refractivity contribution in [2.75, 3.05) is 18.1 Å². The largest absolute Gasteiger partial charge is 0.394 e. The molecule has 0 aliphatic carbocycles. The second-order valence-corrected chi connectivity index (χ2v) is 4.88. The van der Waals surface area contributed by atoms with E-state index in [1.807, 2.05) is 30.2 Å². The van der Waals surface area contributed by atoms with Gasteiger partial charge in [0, 0.05) is 19.8 Å². The Hall–Kier alpha value is -1.62. The van der Waals surface area contributed by atoms with E-state index in [-0.39, 0.29) is 12.6 Å². The van der Waals surface area contributed by atoms with Crippen molar-refractivity contribution in [3.63, 3.8) is 0 Å². The number of aryl methyl sites for hydroxylation is 1. The predicted molar refractivity (Wildman–Crippen MR) is 70.6 cm³/mol. The van der Waals surface area contributed by atoms with Gasteiger partial charge in [-0.05, 0) is 25.3 Å². The Morgan fingerprint density at radius 2 is 2.28 bits per heavy atom. The van der Waals surface area contributed by atoms with Crippen LogP contribution in [-0.4, -0.2) is 38.8 Å². The summed E-state index contributed by atoms with van der Waals surface area (Å²) < 4.78 is 2.00. The number of anilines is 1. The minimum atomic E-state index is 0.179. The smallest absolute Gasteiger partial charge is 0.157 e. The van der Waals surface area contributed by atoms with E-state index >= 15 is 0 Å². The van der Waals surface area contributed by atoms with Gasteiger partial charge >= 0.3 is 0 Å². The van der Waals surface area contributed by atoms with Crippen LogP contribution in [0, 0.1) is 0 Å². The average Bonchev–Trinajstić information content (AvgIpc) is 2.81. The van der Waals surface area contributed by atoms with Crippen LogP contribution in [-0.2, 0) is 7.05 Å². The molecule has 2 aromatic heterocycles. The summed E-state index contributed by atoms with van der Waals surface area (Å²) in [7, 11) is 1.98. The van der Waals surface area contributed by atoms with E-state index in [1.165, 1.54) is 6.42 Å². The van der Waals surface area contributed by atoms with Gasteiger partial charge in [-0.1, -0.05) is 0 Å². The molecule has 1 unspecified atom stereocenters. The number of fused-ring (bicyclic) bond motifs is 1. The van der Waals surface area contributed by atoms with Crippen molar-refractivity contribution in [3.05, 3.63) is 18.6 Å². The summed E-state index contributed by atoms with van der Waals surface area (Å²) in [4.78, 5) is 11.1. The molecular weight excluding hydrogens is 228 g/mol. The molecule has 0 spiro atoms. The summed E-state index contributed by atoms with van der Waals surface area (Å²) in [6, 6.07) is 2.16. The molecule has 0 radical (unpaired) electrons. The molecule has 2 aromatic rings. The van der Waals surface area contributed by atoms with Crippen LogP contribution in [0.15, 0.2) is 18.6 Å². The van der Waals surface area contributed by atoms with E-state index in [2.05, 4.69) is 14.9 Å². The van der Waals surface area contributed by atoms with Gasteiger partial charge in [0.2, 0.25) is 0 Å². The highest BCUT2D eigenvalue weighted by Crippen LogP contribution is 2.28. The standard InChI is InChI=1S/C13H18N4O/c1-16-9-15-12-11(16)5-6-14-13(12)17-7-3-2-4-10(17)8-18/h5-6,9-10,18H,2-4,7-8H2,1H3. The van der Waals surface area contributed by atoms with Crippen LogP contribution in [0.2, 0.25) is 0 Å². The topological polar surface area (TPSA) is 54.2 Å². The molecule has 0 aromatic carbocycles. The Morgan fingerprint density at radius 1 is 1.39 bits per heavy atom. The zero-order valence-corrected chi connectivity index (χ0v) is 10.6. The van der Waals surface area contributed by atoms with Crippen LogP contribution in [0.4, 0.5) is 5.82 Å². The third kappa shape index (κ3) is 1.75. The van der Waals surface area contributed by atoms with E-state index in [9.17, 15) is 5.11 Å². The zero-order valence-electron chi connectivity index (χ0n) is 10.6. The first-order valence-corrected chi connectivity index (χ1v) is 6.45. The molecule has 1 atom stereocenters. The number of nitrogens with zero attached hydrogens (tertiary/aromatic N) is 4. The van der Waals surface area contributed by atoms with E-state index < -0.39 is 0 Å². The van der Waals surface area contributed by atoms with Gasteiger partial charge in [-0.15, -0.1) is 0 Å². The maximum Gasteiger partial charge on any atom is 0.157 e. The molecule has 0 saturated carbocycles. The van der Waals surface area contributed by atoms with Gasteiger partial charge in [0.15, 0.2) is 5.82 Å². The van der Waals surface area contributed by atoms with Crippen molar-refractivity contribution < 1.29 is 5.11 Å². The predicted octanol–water partition coefficient (Wildman–Crippen LogP) is 1.32. The van der Waals surface area contributed by atoms with Crippen LogP contribution in [0.1, 0.15) is 19.3 Å². The summed E-state index contributed by atoms with van der Waals surface area (Å²) in [6.07, 6.45) is 7.00. The van der Waals surface area contributed by atoms with E-state index in [1.54, 1.807) is 0 Å². The SMILES string of the molecule is Cn1cnc2c(N3CCCCC3CO)nccc21. The number of hydrogen-bond acceptors (Lipinski definition) is 4. The summed E-state index contributed by atoms with van der Waals surface area (Å²) in [6.45, 7) is 1.14. The number of aliphatic hydroxyl groups is 1. The summed E-state index contributed by atoms with van der Waals surface area (Å²) in [5.74, 6) is 0.909. The third-order valence-corrected chi connectivity index (χ3v) is 3.73. The maximum absolute atomic E-state index is 9.50. The van der Waals surface area contributed by atoms with Crippen molar-refractivity contribution in [1.82, 2.24) is 14.5 Å². The van der Waals surface area contributed by atoms with Crippen LogP contribution < -0.4 is 4.90 Å². The van der Waals surface area contributed by atoms with Crippen LogP contribution in [0.5, 0.6) is 0 Å². The van der Waals surface area contributed by atoms with Gasteiger partial charge in [-0.2, -0.15) is 0 Å². The molecule has 96 valence electrons. The molecule has 0 amide bonds. The Bertz CT molecular complexity index is 551. The minimum absolute atomic E-state index is 0.179. The number of piperidine rings is 1. The van der Waals surface area contributed by atoms with Gasteiger partial charge < -0.3 is 14.6 Å². The second-order valence-electron chi connectivity index (χ2n) is 4.88. The van der Waals surface area contributed by atoms with Gasteiger partial charge in [0.25, 0.3) is 0 Å². The minimum Gasteiger partial charge on any atom is -0.394 e. The Labute approximate surface area is 106 Å². The molecule has 5 nitrogen and oxygen atoms in total. The summed E-state index contributed by atoms with van der Waals surface area (Å²) >= 11 is 0. The zero-order chi connectivity index (χ0) is 12.5. The van der Waals surface area contributed by atoms with Crippen molar-refractivity contribution in [2.24, 2.45) is 7.05 Å². The number of hydrogen-bond donors (Lipinski definition) is 1. The van der Waals surface area contributed by atoms with Crippen molar-refractivity contribution in [1.29, 1.82) is 0 Å². The first-order chi connectivity index (χ1) is 8.81. The highest BCUT2D eigenvalue weighted by Gasteiger charge is 2.25. The monoisotopic (exact) mass is 246 g/mol. The molecule has 3 heterocycles.